The third-order valence-electron chi connectivity index (χ3n) is 2.42. The summed E-state index contributed by atoms with van der Waals surface area (Å²) in [4.78, 5) is 11.8. The summed E-state index contributed by atoms with van der Waals surface area (Å²) in [5.41, 5.74) is 0.894. The Labute approximate surface area is 124 Å². The molecule has 0 aliphatic rings. The second-order valence-electron chi connectivity index (χ2n) is 4.67. The Kier molecular flexibility index (Phi) is 6.13. The summed E-state index contributed by atoms with van der Waals surface area (Å²) in [5, 5.41) is 2.30. The number of hydrogen-bond donors (Lipinski definition) is 1. The van der Waals surface area contributed by atoms with Crippen molar-refractivity contribution in [2.75, 3.05) is 33.9 Å². The number of carbonyl (C=O) groups is 1. The first-order chi connectivity index (χ1) is 9.75. The van der Waals surface area contributed by atoms with Crippen LogP contribution >= 0.6 is 0 Å². The number of hydrogen-bond acceptors (Lipinski definition) is 5. The summed E-state index contributed by atoms with van der Waals surface area (Å²) in [5.74, 6) is -0.551. The number of carbonyl (C=O) groups excluding carboxylic acids is 1. The molecule has 1 heterocycles. The van der Waals surface area contributed by atoms with Gasteiger partial charge >= 0.3 is 0 Å². The molecule has 0 saturated heterocycles. The maximum atomic E-state index is 11.8. The van der Waals surface area contributed by atoms with Crippen LogP contribution in [-0.4, -0.2) is 52.5 Å². The fraction of sp³-hybridized carbons (Fsp3) is 0.462. The van der Waals surface area contributed by atoms with E-state index in [2.05, 4.69) is 11.9 Å². The van der Waals surface area contributed by atoms with Gasteiger partial charge in [-0.15, -0.1) is 0 Å². The van der Waals surface area contributed by atoms with Crippen LogP contribution in [0.25, 0.3) is 0 Å². The maximum Gasteiger partial charge on any atom is 0.287 e. The average molecular weight is 316 g/mol. The van der Waals surface area contributed by atoms with E-state index in [4.69, 9.17) is 9.15 Å². The molecule has 118 valence electrons. The molecule has 8 heteroatoms. The predicted molar refractivity (Wildman–Crippen MR) is 77.5 cm³/mol. The van der Waals surface area contributed by atoms with Crippen molar-refractivity contribution in [2.24, 2.45) is 0 Å². The van der Waals surface area contributed by atoms with E-state index in [9.17, 15) is 13.2 Å². The number of nitrogens with one attached hydrogen (secondary N) is 1. The minimum Gasteiger partial charge on any atom is -0.438 e. The van der Waals surface area contributed by atoms with Crippen LogP contribution in [0.4, 0.5) is 0 Å². The molecule has 0 bridgehead atoms. The highest BCUT2D eigenvalue weighted by Gasteiger charge is 2.23. The molecule has 0 aliphatic carbocycles. The number of sulfonamides is 1. The van der Waals surface area contributed by atoms with Gasteiger partial charge in [0.25, 0.3) is 15.9 Å². The van der Waals surface area contributed by atoms with Crippen molar-refractivity contribution in [1.29, 1.82) is 0 Å². The Morgan fingerprint density at radius 3 is 2.67 bits per heavy atom. The SMILES string of the molecule is C=C(C)COCCNC(=O)c1ccc(S(=O)(=O)N(C)C)o1. The molecule has 0 unspecified atom stereocenters. The number of nitrogens with zero attached hydrogens (tertiary/aromatic N) is 1. The third-order valence-corrected chi connectivity index (χ3v) is 4.11. The first-order valence-corrected chi connectivity index (χ1v) is 7.72. The Balaban J connectivity index is 2.53. The van der Waals surface area contributed by atoms with Crippen molar-refractivity contribution in [3.8, 4) is 0 Å². The summed E-state index contributed by atoms with van der Waals surface area (Å²) >= 11 is 0. The van der Waals surface area contributed by atoms with Crippen LogP contribution in [0.3, 0.4) is 0 Å². The molecule has 21 heavy (non-hydrogen) atoms. The summed E-state index contributed by atoms with van der Waals surface area (Å²) < 4.78 is 34.9. The van der Waals surface area contributed by atoms with Gasteiger partial charge in [0.1, 0.15) is 0 Å². The molecule has 1 N–H and O–H groups in total. The molecule has 0 spiro atoms. The predicted octanol–water partition coefficient (Wildman–Crippen LogP) is 0.852. The maximum absolute atomic E-state index is 11.8. The Morgan fingerprint density at radius 1 is 1.43 bits per heavy atom. The van der Waals surface area contributed by atoms with Gasteiger partial charge in [0.15, 0.2) is 5.76 Å². The first-order valence-electron chi connectivity index (χ1n) is 6.28. The molecule has 1 aromatic heterocycles. The minimum absolute atomic E-state index is 0.0599. The smallest absolute Gasteiger partial charge is 0.287 e. The van der Waals surface area contributed by atoms with E-state index in [0.717, 1.165) is 9.88 Å². The third kappa shape index (κ3) is 5.00. The fourth-order valence-electron chi connectivity index (χ4n) is 1.33. The van der Waals surface area contributed by atoms with E-state index < -0.39 is 15.9 Å². The first kappa shape index (κ1) is 17.4. The molecule has 0 fully saturated rings. The largest absolute Gasteiger partial charge is 0.438 e. The molecule has 1 rings (SSSR count). The fourth-order valence-corrected chi connectivity index (χ4v) is 2.13. The van der Waals surface area contributed by atoms with Crippen molar-refractivity contribution in [3.05, 3.63) is 30.0 Å². The van der Waals surface area contributed by atoms with Gasteiger partial charge < -0.3 is 14.5 Å². The van der Waals surface area contributed by atoms with Gasteiger partial charge in [-0.05, 0) is 19.1 Å². The summed E-state index contributed by atoms with van der Waals surface area (Å²) in [6.45, 7) is 6.59. The van der Waals surface area contributed by atoms with Crippen LogP contribution in [0.1, 0.15) is 17.5 Å². The molecule has 0 aliphatic heterocycles. The van der Waals surface area contributed by atoms with E-state index in [1.54, 1.807) is 0 Å². The van der Waals surface area contributed by atoms with Gasteiger partial charge in [-0.25, -0.2) is 12.7 Å². The zero-order valence-electron chi connectivity index (χ0n) is 12.4. The lowest BCUT2D eigenvalue weighted by molar-refractivity contribution is 0.0894. The van der Waals surface area contributed by atoms with Crippen LogP contribution in [0.15, 0.2) is 33.8 Å². The van der Waals surface area contributed by atoms with Gasteiger partial charge in [0.05, 0.1) is 13.2 Å². The van der Waals surface area contributed by atoms with E-state index in [0.29, 0.717) is 19.8 Å². The molecule has 0 radical (unpaired) electrons. The van der Waals surface area contributed by atoms with Crippen LogP contribution in [-0.2, 0) is 14.8 Å². The van der Waals surface area contributed by atoms with Crippen LogP contribution in [0.2, 0.25) is 0 Å². The molecule has 1 aromatic rings. The topological polar surface area (TPSA) is 88.8 Å². The number of ether oxygens (including phenoxy) is 1. The van der Waals surface area contributed by atoms with Gasteiger partial charge in [-0.3, -0.25) is 4.79 Å². The standard InChI is InChI=1S/C13H20N2O5S/c1-10(2)9-19-8-7-14-13(16)11-5-6-12(20-11)21(17,18)15(3)4/h5-6H,1,7-9H2,2-4H3,(H,14,16). The van der Waals surface area contributed by atoms with E-state index in [-0.39, 0.29) is 10.9 Å². The Hall–Kier alpha value is -1.64. The average Bonchev–Trinajstić information content (AvgIpc) is 2.87. The van der Waals surface area contributed by atoms with Gasteiger partial charge in [0.2, 0.25) is 5.09 Å². The minimum atomic E-state index is -3.68. The zero-order valence-corrected chi connectivity index (χ0v) is 13.2. The monoisotopic (exact) mass is 316 g/mol. The lowest BCUT2D eigenvalue weighted by Crippen LogP contribution is -2.27. The summed E-state index contributed by atoms with van der Waals surface area (Å²) in [7, 11) is -0.905. The normalized spacial score (nSPS) is 11.6. The van der Waals surface area contributed by atoms with Gasteiger partial charge in [-0.2, -0.15) is 0 Å². The molecule has 0 aromatic carbocycles. The van der Waals surface area contributed by atoms with E-state index in [1.807, 2.05) is 6.92 Å². The highest BCUT2D eigenvalue weighted by atomic mass is 32.2. The van der Waals surface area contributed by atoms with Gasteiger partial charge in [-0.1, -0.05) is 12.2 Å². The van der Waals surface area contributed by atoms with Crippen LogP contribution in [0, 0.1) is 0 Å². The number of furan rings is 1. The summed E-state index contributed by atoms with van der Waals surface area (Å²) in [6, 6.07) is 2.57. The second kappa shape index (κ2) is 7.39. The van der Waals surface area contributed by atoms with Crippen molar-refractivity contribution < 1.29 is 22.4 Å². The van der Waals surface area contributed by atoms with Crippen LogP contribution < -0.4 is 5.32 Å². The van der Waals surface area contributed by atoms with Crippen molar-refractivity contribution >= 4 is 15.9 Å². The van der Waals surface area contributed by atoms with Crippen LogP contribution in [0.5, 0.6) is 0 Å². The molecular formula is C13H20N2O5S. The van der Waals surface area contributed by atoms with Crippen molar-refractivity contribution in [2.45, 2.75) is 12.0 Å². The lowest BCUT2D eigenvalue weighted by atomic mass is 10.4. The number of rotatable bonds is 8. The highest BCUT2D eigenvalue weighted by Crippen LogP contribution is 2.16. The number of amides is 1. The van der Waals surface area contributed by atoms with E-state index in [1.165, 1.54) is 26.2 Å². The van der Waals surface area contributed by atoms with Crippen molar-refractivity contribution in [1.82, 2.24) is 9.62 Å². The second-order valence-corrected chi connectivity index (χ2v) is 6.75. The summed E-state index contributed by atoms with van der Waals surface area (Å²) in [6.07, 6.45) is 0. The molecule has 7 nitrogen and oxygen atoms in total. The van der Waals surface area contributed by atoms with Crippen molar-refractivity contribution in [3.63, 3.8) is 0 Å². The Bertz CT molecular complexity index is 604. The van der Waals surface area contributed by atoms with Gasteiger partial charge in [0, 0.05) is 20.6 Å². The quantitative estimate of drug-likeness (QED) is 0.567. The zero-order chi connectivity index (χ0) is 16.0. The molecule has 0 atom stereocenters. The lowest BCUT2D eigenvalue weighted by Gasteiger charge is -2.08. The molecular weight excluding hydrogens is 296 g/mol. The molecule has 1 amide bonds. The highest BCUT2D eigenvalue weighted by molar-refractivity contribution is 7.88. The molecule has 0 saturated carbocycles. The Morgan fingerprint density at radius 2 is 2.10 bits per heavy atom. The van der Waals surface area contributed by atoms with E-state index >= 15 is 0 Å².